The summed E-state index contributed by atoms with van der Waals surface area (Å²) in [5.74, 6) is 0.254. The third-order valence-corrected chi connectivity index (χ3v) is 4.80. The van der Waals surface area contributed by atoms with Gasteiger partial charge < -0.3 is 4.90 Å². The molecular weight excluding hydrogens is 363 g/mol. The van der Waals surface area contributed by atoms with Crippen molar-refractivity contribution < 1.29 is 12.8 Å². The van der Waals surface area contributed by atoms with E-state index in [9.17, 15) is 12.8 Å². The number of rotatable bonds is 6. The van der Waals surface area contributed by atoms with E-state index in [1.807, 2.05) is 14.1 Å². The van der Waals surface area contributed by atoms with E-state index in [1.165, 1.54) is 6.20 Å². The first-order chi connectivity index (χ1) is 12.4. The van der Waals surface area contributed by atoms with Crippen LogP contribution in [0.3, 0.4) is 0 Å². The number of hydrogen-bond donors (Lipinski definition) is 2. The molecule has 10 nitrogen and oxygen atoms in total. The van der Waals surface area contributed by atoms with Crippen LogP contribution >= 0.6 is 0 Å². The van der Waals surface area contributed by atoms with Crippen LogP contribution in [-0.2, 0) is 16.6 Å². The van der Waals surface area contributed by atoms with Gasteiger partial charge in [0.2, 0.25) is 15.8 Å². The van der Waals surface area contributed by atoms with Gasteiger partial charge in [0.1, 0.15) is 17.5 Å². The van der Waals surface area contributed by atoms with E-state index in [4.69, 9.17) is 0 Å². The molecule has 3 aromatic rings. The van der Waals surface area contributed by atoms with Crippen LogP contribution < -0.4 is 9.62 Å². The number of H-pyrrole nitrogens is 1. The minimum absolute atomic E-state index is 0.0402. The Kier molecular flexibility index (Phi) is 4.86. The normalized spacial score (nSPS) is 11.5. The molecule has 26 heavy (non-hydrogen) atoms. The number of halogens is 1. The summed E-state index contributed by atoms with van der Waals surface area (Å²) in [6.07, 6.45) is 1.54. The van der Waals surface area contributed by atoms with Gasteiger partial charge >= 0.3 is 0 Å². The highest BCUT2D eigenvalue weighted by molar-refractivity contribution is 7.89. The molecule has 0 spiro atoms. The summed E-state index contributed by atoms with van der Waals surface area (Å²) in [4.78, 5) is 9.91. The van der Waals surface area contributed by atoms with Crippen molar-refractivity contribution in [2.75, 3.05) is 19.0 Å². The summed E-state index contributed by atoms with van der Waals surface area (Å²) in [5, 5.41) is 12.9. The van der Waals surface area contributed by atoms with Crippen LogP contribution in [0.1, 0.15) is 5.82 Å². The fraction of sp³-hybridized carbons (Fsp3) is 0.214. The average molecular weight is 378 g/mol. The lowest BCUT2D eigenvalue weighted by molar-refractivity contribution is 0.578. The standard InChI is InChI=1S/C14H15FN8O2S/c1-23(2)13-5-6-16-12(18-13)8-17-26(24,25)9-3-4-11(15)10(7-9)14-19-21-22-20-14/h3-7,17H,8H2,1-2H3,(H,19,20,21,22). The summed E-state index contributed by atoms with van der Waals surface area (Å²) in [6.45, 7) is -0.112. The van der Waals surface area contributed by atoms with E-state index in [0.29, 0.717) is 11.6 Å². The Morgan fingerprint density at radius 3 is 2.77 bits per heavy atom. The highest BCUT2D eigenvalue weighted by atomic mass is 32.2. The molecule has 12 heteroatoms. The van der Waals surface area contributed by atoms with Crippen molar-refractivity contribution in [2.45, 2.75) is 11.4 Å². The molecule has 0 saturated heterocycles. The third-order valence-electron chi connectivity index (χ3n) is 3.40. The zero-order chi connectivity index (χ0) is 18.7. The van der Waals surface area contributed by atoms with E-state index in [1.54, 1.807) is 11.0 Å². The van der Waals surface area contributed by atoms with Crippen molar-refractivity contribution in [2.24, 2.45) is 0 Å². The lowest BCUT2D eigenvalue weighted by atomic mass is 10.2. The van der Waals surface area contributed by atoms with Crippen LogP contribution in [0.15, 0.2) is 35.4 Å². The van der Waals surface area contributed by atoms with Gasteiger partial charge in [-0.3, -0.25) is 0 Å². The summed E-state index contributed by atoms with van der Waals surface area (Å²) in [7, 11) is -0.291. The lowest BCUT2D eigenvalue weighted by Gasteiger charge is -2.12. The second kappa shape index (κ2) is 7.09. The number of aromatic nitrogens is 6. The average Bonchev–Trinajstić information content (AvgIpc) is 3.15. The first kappa shape index (κ1) is 17.8. The minimum atomic E-state index is -3.92. The Bertz CT molecular complexity index is 1010. The van der Waals surface area contributed by atoms with Crippen molar-refractivity contribution in [3.63, 3.8) is 0 Å². The smallest absolute Gasteiger partial charge is 0.241 e. The zero-order valence-corrected chi connectivity index (χ0v) is 14.7. The topological polar surface area (TPSA) is 130 Å². The molecule has 0 aliphatic rings. The molecule has 136 valence electrons. The molecule has 0 unspecified atom stereocenters. The molecule has 0 atom stereocenters. The summed E-state index contributed by atoms with van der Waals surface area (Å²) in [5.41, 5.74) is -0.0764. The molecule has 0 fully saturated rings. The van der Waals surface area contributed by atoms with Crippen LogP contribution in [0.25, 0.3) is 11.4 Å². The van der Waals surface area contributed by atoms with Gasteiger partial charge in [-0.2, -0.15) is 5.21 Å². The van der Waals surface area contributed by atoms with Crippen LogP contribution in [0.4, 0.5) is 10.2 Å². The molecular formula is C14H15FN8O2S. The van der Waals surface area contributed by atoms with E-state index in [-0.39, 0.29) is 22.8 Å². The number of benzene rings is 1. The fourth-order valence-electron chi connectivity index (χ4n) is 2.08. The molecule has 2 aromatic heterocycles. The number of hydrogen-bond acceptors (Lipinski definition) is 8. The van der Waals surface area contributed by atoms with Crippen molar-refractivity contribution >= 4 is 15.8 Å². The number of anilines is 1. The maximum Gasteiger partial charge on any atom is 0.241 e. The van der Waals surface area contributed by atoms with Crippen LogP contribution in [0, 0.1) is 5.82 Å². The molecule has 0 aliphatic carbocycles. The van der Waals surface area contributed by atoms with Crippen molar-refractivity contribution in [3.8, 4) is 11.4 Å². The molecule has 0 bridgehead atoms. The number of nitrogens with one attached hydrogen (secondary N) is 2. The highest BCUT2D eigenvalue weighted by Crippen LogP contribution is 2.22. The Hall–Kier alpha value is -2.99. The number of sulfonamides is 1. The van der Waals surface area contributed by atoms with Gasteiger partial charge in [0.15, 0.2) is 0 Å². The van der Waals surface area contributed by atoms with Crippen LogP contribution in [-0.4, -0.2) is 53.1 Å². The van der Waals surface area contributed by atoms with Crippen LogP contribution in [0.2, 0.25) is 0 Å². The first-order valence-electron chi connectivity index (χ1n) is 7.39. The van der Waals surface area contributed by atoms with Gasteiger partial charge in [0.25, 0.3) is 0 Å². The Morgan fingerprint density at radius 2 is 2.08 bits per heavy atom. The molecule has 2 heterocycles. The van der Waals surface area contributed by atoms with Crippen molar-refractivity contribution in [3.05, 3.63) is 42.1 Å². The second-order valence-electron chi connectivity index (χ2n) is 5.43. The van der Waals surface area contributed by atoms with Gasteiger partial charge in [0.05, 0.1) is 17.0 Å². The number of tetrazole rings is 1. The second-order valence-corrected chi connectivity index (χ2v) is 7.19. The van der Waals surface area contributed by atoms with E-state index in [2.05, 4.69) is 35.3 Å². The predicted octanol–water partition coefficient (Wildman–Crippen LogP) is 0.340. The molecule has 0 saturated carbocycles. The van der Waals surface area contributed by atoms with E-state index < -0.39 is 15.8 Å². The maximum absolute atomic E-state index is 13.9. The Morgan fingerprint density at radius 1 is 1.27 bits per heavy atom. The Labute approximate surface area is 148 Å². The van der Waals surface area contributed by atoms with Gasteiger partial charge in [0, 0.05) is 20.3 Å². The molecule has 0 aliphatic heterocycles. The Balaban J connectivity index is 1.83. The molecule has 0 amide bonds. The maximum atomic E-state index is 13.9. The SMILES string of the molecule is CN(C)c1ccnc(CNS(=O)(=O)c2ccc(F)c(-c3nn[nH]n3)c2)n1. The molecule has 0 radical (unpaired) electrons. The quantitative estimate of drug-likeness (QED) is 0.628. The third kappa shape index (κ3) is 3.81. The minimum Gasteiger partial charge on any atom is -0.363 e. The monoisotopic (exact) mass is 378 g/mol. The van der Waals surface area contributed by atoms with Crippen LogP contribution in [0.5, 0.6) is 0 Å². The lowest BCUT2D eigenvalue weighted by Crippen LogP contribution is -2.25. The summed E-state index contributed by atoms with van der Waals surface area (Å²) >= 11 is 0. The predicted molar refractivity (Wildman–Crippen MR) is 90.0 cm³/mol. The van der Waals surface area contributed by atoms with Gasteiger partial charge in [-0.05, 0) is 29.5 Å². The van der Waals surface area contributed by atoms with Gasteiger partial charge in [-0.1, -0.05) is 0 Å². The zero-order valence-electron chi connectivity index (χ0n) is 13.9. The van der Waals surface area contributed by atoms with E-state index >= 15 is 0 Å². The number of nitrogens with zero attached hydrogens (tertiary/aromatic N) is 6. The molecule has 1 aromatic carbocycles. The van der Waals surface area contributed by atoms with Crippen molar-refractivity contribution in [1.29, 1.82) is 0 Å². The summed E-state index contributed by atoms with van der Waals surface area (Å²) < 4.78 is 41.3. The van der Waals surface area contributed by atoms with Crippen molar-refractivity contribution in [1.82, 2.24) is 35.3 Å². The summed E-state index contributed by atoms with van der Waals surface area (Å²) in [6, 6.07) is 5.02. The molecule has 3 rings (SSSR count). The largest absolute Gasteiger partial charge is 0.363 e. The van der Waals surface area contributed by atoms with Gasteiger partial charge in [-0.15, -0.1) is 10.2 Å². The first-order valence-corrected chi connectivity index (χ1v) is 8.87. The fourth-order valence-corrected chi connectivity index (χ4v) is 3.09. The number of aromatic amines is 1. The van der Waals surface area contributed by atoms with Gasteiger partial charge in [-0.25, -0.2) is 27.5 Å². The van der Waals surface area contributed by atoms with E-state index in [0.717, 1.165) is 18.2 Å². The molecule has 2 N–H and O–H groups in total. The highest BCUT2D eigenvalue weighted by Gasteiger charge is 2.19.